The number of carbonyl (C=O) groups excluding carboxylic acids is 2. The molecule has 1 unspecified atom stereocenters. The van der Waals surface area contributed by atoms with Gasteiger partial charge in [-0.05, 0) is 85.4 Å². The van der Waals surface area contributed by atoms with Gasteiger partial charge in [-0.15, -0.1) is 0 Å². The lowest BCUT2D eigenvalue weighted by atomic mass is 9.89. The van der Waals surface area contributed by atoms with Crippen molar-refractivity contribution < 1.29 is 27.5 Å². The summed E-state index contributed by atoms with van der Waals surface area (Å²) in [6.45, 7) is 1.47. The summed E-state index contributed by atoms with van der Waals surface area (Å²) in [5.41, 5.74) is 4.99. The second kappa shape index (κ2) is 11.3. The normalized spacial score (nSPS) is 16.2. The Morgan fingerprint density at radius 3 is 2.46 bits per heavy atom. The van der Waals surface area contributed by atoms with E-state index in [4.69, 9.17) is 14.5 Å². The van der Waals surface area contributed by atoms with Crippen molar-refractivity contribution in [3.05, 3.63) is 82.9 Å². The third-order valence-corrected chi connectivity index (χ3v) is 8.30. The molecule has 0 bridgehead atoms. The van der Waals surface area contributed by atoms with E-state index in [0.717, 1.165) is 23.3 Å². The van der Waals surface area contributed by atoms with E-state index >= 15 is 0 Å². The van der Waals surface area contributed by atoms with Crippen LogP contribution >= 0.6 is 0 Å². The van der Waals surface area contributed by atoms with Gasteiger partial charge < -0.3 is 19.7 Å². The SMILES string of the molecule is COC(=O)c1ccc2c(c1)NC(=O)C2C(=Nc1ccc(N(CCN(C)C)S(C)(=O)=O)cc1)c1ccc2c(c1)CCO2. The number of methoxy groups -OCH3 is 1. The standard InChI is InChI=1S/C30H32N4O6S/c1-33(2)14-15-34(41(4,37)38)23-9-7-22(8-10-23)31-28(20-6-12-26-19(17-20)13-16-40-26)27-24-11-5-21(30(36)39-3)18-25(24)32-29(27)35/h5-12,17-18,27H,13-16H2,1-4H3,(H,32,35). The number of amides is 1. The summed E-state index contributed by atoms with van der Waals surface area (Å²) in [6, 6.07) is 17.7. The first-order valence-corrected chi connectivity index (χ1v) is 15.0. The lowest BCUT2D eigenvalue weighted by Gasteiger charge is -2.24. The zero-order chi connectivity index (χ0) is 29.3. The molecule has 2 aliphatic heterocycles. The van der Waals surface area contributed by atoms with Crippen molar-refractivity contribution in [2.45, 2.75) is 12.3 Å². The molecule has 0 saturated heterocycles. The summed E-state index contributed by atoms with van der Waals surface area (Å²) >= 11 is 0. The van der Waals surface area contributed by atoms with Crippen molar-refractivity contribution in [1.82, 2.24) is 4.90 Å². The molecular weight excluding hydrogens is 544 g/mol. The number of hydrogen-bond donors (Lipinski definition) is 1. The van der Waals surface area contributed by atoms with Gasteiger partial charge in [0.25, 0.3) is 0 Å². The fraction of sp³-hybridized carbons (Fsp3) is 0.300. The zero-order valence-corrected chi connectivity index (χ0v) is 24.2. The molecule has 2 heterocycles. The number of carbonyl (C=O) groups is 2. The Balaban J connectivity index is 1.56. The van der Waals surface area contributed by atoms with Crippen LogP contribution in [0.15, 0.2) is 65.7 Å². The second-order valence-electron chi connectivity index (χ2n) is 10.3. The molecule has 10 nitrogen and oxygen atoms in total. The minimum absolute atomic E-state index is 0.263. The number of rotatable bonds is 9. The Morgan fingerprint density at radius 1 is 1.05 bits per heavy atom. The van der Waals surface area contributed by atoms with Gasteiger partial charge in [-0.1, -0.05) is 6.07 Å². The number of aliphatic imine (C=N–C) groups is 1. The smallest absolute Gasteiger partial charge is 0.337 e. The Kier molecular flexibility index (Phi) is 7.83. The maximum absolute atomic E-state index is 13.4. The lowest BCUT2D eigenvalue weighted by Crippen LogP contribution is -2.35. The van der Waals surface area contributed by atoms with E-state index in [0.29, 0.717) is 53.6 Å². The predicted octanol–water partition coefficient (Wildman–Crippen LogP) is 3.59. The quantitative estimate of drug-likeness (QED) is 0.306. The summed E-state index contributed by atoms with van der Waals surface area (Å²) in [7, 11) is 1.59. The maximum atomic E-state index is 13.4. The summed E-state index contributed by atoms with van der Waals surface area (Å²) in [5, 5.41) is 2.89. The van der Waals surface area contributed by atoms with Crippen LogP contribution in [0, 0.1) is 0 Å². The van der Waals surface area contributed by atoms with Crippen molar-refractivity contribution in [3.8, 4) is 5.75 Å². The van der Waals surface area contributed by atoms with Gasteiger partial charge in [0.2, 0.25) is 15.9 Å². The Morgan fingerprint density at radius 2 is 1.78 bits per heavy atom. The minimum Gasteiger partial charge on any atom is -0.493 e. The summed E-state index contributed by atoms with van der Waals surface area (Å²) in [5.74, 6) is -0.674. The molecule has 0 aromatic heterocycles. The Labute approximate surface area is 239 Å². The molecule has 0 fully saturated rings. The molecule has 3 aromatic rings. The number of nitrogens with zero attached hydrogens (tertiary/aromatic N) is 3. The van der Waals surface area contributed by atoms with E-state index in [1.54, 1.807) is 42.5 Å². The van der Waals surface area contributed by atoms with Crippen molar-refractivity contribution in [3.63, 3.8) is 0 Å². The van der Waals surface area contributed by atoms with Crippen LogP contribution in [0.25, 0.3) is 0 Å². The first-order valence-electron chi connectivity index (χ1n) is 13.2. The fourth-order valence-corrected chi connectivity index (χ4v) is 5.95. The Hall–Kier alpha value is -4.22. The molecule has 0 spiro atoms. The first kappa shape index (κ1) is 28.3. The molecule has 1 amide bonds. The number of fused-ring (bicyclic) bond motifs is 2. The van der Waals surface area contributed by atoms with Gasteiger partial charge in [0.1, 0.15) is 11.7 Å². The molecule has 5 rings (SSSR count). The van der Waals surface area contributed by atoms with Gasteiger partial charge in [-0.2, -0.15) is 0 Å². The number of ether oxygens (including phenoxy) is 2. The van der Waals surface area contributed by atoms with E-state index in [9.17, 15) is 18.0 Å². The molecule has 0 aliphatic carbocycles. The average Bonchev–Trinajstić information content (AvgIpc) is 3.53. The number of esters is 1. The van der Waals surface area contributed by atoms with Gasteiger partial charge in [-0.25, -0.2) is 13.2 Å². The highest BCUT2D eigenvalue weighted by Gasteiger charge is 2.36. The van der Waals surface area contributed by atoms with Crippen LogP contribution in [0.5, 0.6) is 5.75 Å². The number of hydrogen-bond acceptors (Lipinski definition) is 8. The van der Waals surface area contributed by atoms with E-state index in [1.165, 1.54) is 17.7 Å². The zero-order valence-electron chi connectivity index (χ0n) is 23.4. The van der Waals surface area contributed by atoms with E-state index < -0.39 is 21.9 Å². The minimum atomic E-state index is -3.49. The molecular formula is C30H32N4O6S. The molecule has 0 radical (unpaired) electrons. The Bertz CT molecular complexity index is 1630. The van der Waals surface area contributed by atoms with Crippen LogP contribution in [0.2, 0.25) is 0 Å². The molecule has 1 atom stereocenters. The molecule has 11 heteroatoms. The molecule has 2 aliphatic rings. The monoisotopic (exact) mass is 576 g/mol. The van der Waals surface area contributed by atoms with Gasteiger partial charge in [0.05, 0.1) is 42.6 Å². The van der Waals surface area contributed by atoms with E-state index in [2.05, 4.69) is 5.32 Å². The first-order chi connectivity index (χ1) is 19.5. The number of likely N-dealkylation sites (N-methyl/N-ethyl adjacent to an activating group) is 1. The molecule has 214 valence electrons. The molecule has 3 aromatic carbocycles. The highest BCUT2D eigenvalue weighted by atomic mass is 32.2. The van der Waals surface area contributed by atoms with Gasteiger partial charge in [-0.3, -0.25) is 14.1 Å². The van der Waals surface area contributed by atoms with E-state index in [1.807, 2.05) is 37.2 Å². The predicted molar refractivity (Wildman–Crippen MR) is 158 cm³/mol. The summed E-state index contributed by atoms with van der Waals surface area (Å²) < 4.78 is 36.9. The van der Waals surface area contributed by atoms with Gasteiger partial charge in [0, 0.05) is 25.2 Å². The topological polar surface area (TPSA) is 118 Å². The van der Waals surface area contributed by atoms with Crippen LogP contribution in [0.1, 0.15) is 33.0 Å². The average molecular weight is 577 g/mol. The van der Waals surface area contributed by atoms with Crippen molar-refractivity contribution in [2.75, 3.05) is 56.8 Å². The van der Waals surface area contributed by atoms with Crippen LogP contribution in [0.3, 0.4) is 0 Å². The van der Waals surface area contributed by atoms with Crippen LogP contribution < -0.4 is 14.4 Å². The second-order valence-corrected chi connectivity index (χ2v) is 12.2. The summed E-state index contributed by atoms with van der Waals surface area (Å²) in [4.78, 5) is 32.3. The van der Waals surface area contributed by atoms with Gasteiger partial charge in [0.15, 0.2) is 0 Å². The largest absolute Gasteiger partial charge is 0.493 e. The van der Waals surface area contributed by atoms with Crippen molar-refractivity contribution in [2.24, 2.45) is 4.99 Å². The van der Waals surface area contributed by atoms with E-state index in [-0.39, 0.29) is 5.91 Å². The molecule has 1 N–H and O–H groups in total. The van der Waals surface area contributed by atoms with Crippen molar-refractivity contribution >= 4 is 44.7 Å². The number of sulfonamides is 1. The third kappa shape index (κ3) is 5.96. The number of anilines is 2. The molecule has 0 saturated carbocycles. The van der Waals surface area contributed by atoms with Crippen LogP contribution in [0.4, 0.5) is 17.1 Å². The number of benzene rings is 3. The molecule has 41 heavy (non-hydrogen) atoms. The number of nitrogens with one attached hydrogen (secondary N) is 1. The highest BCUT2D eigenvalue weighted by molar-refractivity contribution is 7.92. The van der Waals surface area contributed by atoms with Crippen LogP contribution in [-0.4, -0.2) is 78.1 Å². The third-order valence-electron chi connectivity index (χ3n) is 7.10. The maximum Gasteiger partial charge on any atom is 0.337 e. The lowest BCUT2D eigenvalue weighted by molar-refractivity contribution is -0.115. The highest BCUT2D eigenvalue weighted by Crippen LogP contribution is 2.38. The van der Waals surface area contributed by atoms with Gasteiger partial charge >= 0.3 is 5.97 Å². The van der Waals surface area contributed by atoms with Crippen LogP contribution in [-0.2, 0) is 26.0 Å². The summed E-state index contributed by atoms with van der Waals surface area (Å²) in [6.07, 6.45) is 1.95. The fourth-order valence-electron chi connectivity index (χ4n) is 5.03. The van der Waals surface area contributed by atoms with Crippen molar-refractivity contribution in [1.29, 1.82) is 0 Å².